The van der Waals surface area contributed by atoms with Crippen molar-refractivity contribution in [3.63, 3.8) is 0 Å². The molecule has 122 valence electrons. The lowest BCUT2D eigenvalue weighted by molar-refractivity contribution is -0.146. The van der Waals surface area contributed by atoms with Gasteiger partial charge in [-0.1, -0.05) is 12.1 Å². The number of amides is 1. The lowest BCUT2D eigenvalue weighted by atomic mass is 10.1. The first-order valence-corrected chi connectivity index (χ1v) is 7.16. The third-order valence-corrected chi connectivity index (χ3v) is 3.88. The van der Waals surface area contributed by atoms with Crippen molar-refractivity contribution in [1.82, 2.24) is 9.47 Å². The number of hydrogen-bond acceptors (Lipinski definition) is 2. The number of nitrogens with zero attached hydrogens (tertiary/aromatic N) is 2. The van der Waals surface area contributed by atoms with Gasteiger partial charge in [-0.25, -0.2) is 0 Å². The van der Waals surface area contributed by atoms with Crippen LogP contribution in [0.1, 0.15) is 21.6 Å². The number of anilines is 1. The molecule has 0 atom stereocenters. The number of fused-ring (bicyclic) bond motifs is 1. The van der Waals surface area contributed by atoms with Gasteiger partial charge in [-0.15, -0.1) is 0 Å². The molecule has 0 fully saturated rings. The maximum Gasteiger partial charge on any atom is 0.401 e. The molecular weight excluding hydrogens is 307 g/mol. The smallest absolute Gasteiger partial charge is 0.347 e. The maximum absolute atomic E-state index is 12.6. The predicted molar refractivity (Wildman–Crippen MR) is 80.0 cm³/mol. The molecule has 0 spiro atoms. The van der Waals surface area contributed by atoms with Crippen LogP contribution >= 0.6 is 0 Å². The molecule has 1 amide bonds. The summed E-state index contributed by atoms with van der Waals surface area (Å²) in [7, 11) is 1.76. The second kappa shape index (κ2) is 5.73. The van der Waals surface area contributed by atoms with E-state index in [1.165, 1.54) is 4.90 Å². The van der Waals surface area contributed by atoms with Crippen molar-refractivity contribution in [2.24, 2.45) is 7.05 Å². The minimum Gasteiger partial charge on any atom is -0.347 e. The van der Waals surface area contributed by atoms with Gasteiger partial charge in [-0.3, -0.25) is 9.69 Å². The summed E-state index contributed by atoms with van der Waals surface area (Å²) in [5, 5.41) is 2.80. The van der Waals surface area contributed by atoms with Crippen LogP contribution in [0.4, 0.5) is 18.9 Å². The maximum atomic E-state index is 12.6. The summed E-state index contributed by atoms with van der Waals surface area (Å²) in [5.74, 6) is -0.278. The van der Waals surface area contributed by atoms with E-state index in [4.69, 9.17) is 0 Å². The molecule has 1 N–H and O–H groups in total. The second-order valence-corrected chi connectivity index (χ2v) is 5.66. The topological polar surface area (TPSA) is 37.3 Å². The van der Waals surface area contributed by atoms with Gasteiger partial charge in [-0.2, -0.15) is 13.2 Å². The number of benzene rings is 1. The molecule has 0 unspecified atom stereocenters. The number of aryl methyl sites for hydroxylation is 1. The Morgan fingerprint density at radius 1 is 1.22 bits per heavy atom. The van der Waals surface area contributed by atoms with Crippen molar-refractivity contribution < 1.29 is 18.0 Å². The van der Waals surface area contributed by atoms with Gasteiger partial charge in [0.2, 0.25) is 0 Å². The Morgan fingerprint density at radius 3 is 2.65 bits per heavy atom. The number of halogens is 3. The molecule has 1 aromatic heterocycles. The molecule has 23 heavy (non-hydrogen) atoms. The van der Waals surface area contributed by atoms with Crippen LogP contribution in [0.5, 0.6) is 0 Å². The van der Waals surface area contributed by atoms with E-state index in [1.54, 1.807) is 48.1 Å². The highest BCUT2D eigenvalue weighted by atomic mass is 19.4. The van der Waals surface area contributed by atoms with Crippen molar-refractivity contribution in [1.29, 1.82) is 0 Å². The van der Waals surface area contributed by atoms with Crippen molar-refractivity contribution in [3.05, 3.63) is 53.3 Å². The highest BCUT2D eigenvalue weighted by Gasteiger charge is 2.34. The van der Waals surface area contributed by atoms with E-state index in [1.807, 2.05) is 0 Å². The first kappa shape index (κ1) is 15.6. The lowest BCUT2D eigenvalue weighted by Crippen LogP contribution is -2.30. The van der Waals surface area contributed by atoms with Gasteiger partial charge in [0.05, 0.1) is 6.54 Å². The van der Waals surface area contributed by atoms with E-state index in [0.29, 0.717) is 11.4 Å². The van der Waals surface area contributed by atoms with Gasteiger partial charge in [0.25, 0.3) is 5.91 Å². The quantitative estimate of drug-likeness (QED) is 0.942. The zero-order valence-electron chi connectivity index (χ0n) is 12.5. The Labute approximate surface area is 131 Å². The van der Waals surface area contributed by atoms with E-state index in [0.717, 1.165) is 11.1 Å². The fraction of sp³-hybridized carbons (Fsp3) is 0.312. The third-order valence-electron chi connectivity index (χ3n) is 3.88. The summed E-state index contributed by atoms with van der Waals surface area (Å²) >= 11 is 0. The molecule has 1 aliphatic rings. The number of rotatable bonds is 3. The highest BCUT2D eigenvalue weighted by Crippen LogP contribution is 2.31. The fourth-order valence-electron chi connectivity index (χ4n) is 2.86. The SMILES string of the molecule is Cn1cccc1C(=O)Nc1cccc2c1CN(CC(F)(F)F)C2. The molecule has 2 heterocycles. The summed E-state index contributed by atoms with van der Waals surface area (Å²) in [5.41, 5.74) is 2.63. The molecule has 0 radical (unpaired) electrons. The van der Waals surface area contributed by atoms with Gasteiger partial charge in [0, 0.05) is 32.0 Å². The minimum atomic E-state index is -4.23. The first-order chi connectivity index (χ1) is 10.8. The normalized spacial score (nSPS) is 14.8. The average Bonchev–Trinajstić information content (AvgIpc) is 3.03. The second-order valence-electron chi connectivity index (χ2n) is 5.66. The lowest BCUT2D eigenvalue weighted by Gasteiger charge is -2.17. The molecule has 0 saturated carbocycles. The van der Waals surface area contributed by atoms with Crippen LogP contribution in [-0.4, -0.2) is 28.1 Å². The van der Waals surface area contributed by atoms with Crippen LogP contribution < -0.4 is 5.32 Å². The molecule has 1 aromatic carbocycles. The summed E-state index contributed by atoms with van der Waals surface area (Å²) < 4.78 is 39.4. The number of alkyl halides is 3. The number of aromatic nitrogens is 1. The molecular formula is C16H16F3N3O. The Kier molecular flexibility index (Phi) is 3.89. The van der Waals surface area contributed by atoms with Gasteiger partial charge < -0.3 is 9.88 Å². The molecule has 1 aliphatic heterocycles. The van der Waals surface area contributed by atoms with Crippen LogP contribution in [0, 0.1) is 0 Å². The predicted octanol–water partition coefficient (Wildman–Crippen LogP) is 3.16. The van der Waals surface area contributed by atoms with E-state index in [2.05, 4.69) is 5.32 Å². The largest absolute Gasteiger partial charge is 0.401 e. The first-order valence-electron chi connectivity index (χ1n) is 7.16. The van der Waals surface area contributed by atoms with Crippen LogP contribution in [-0.2, 0) is 20.1 Å². The van der Waals surface area contributed by atoms with E-state index in [-0.39, 0.29) is 19.0 Å². The van der Waals surface area contributed by atoms with E-state index >= 15 is 0 Å². The van der Waals surface area contributed by atoms with Gasteiger partial charge >= 0.3 is 6.18 Å². The minimum absolute atomic E-state index is 0.179. The number of carbonyl (C=O) groups excluding carboxylic acids is 1. The molecule has 0 aliphatic carbocycles. The van der Waals surface area contributed by atoms with Crippen molar-refractivity contribution in [3.8, 4) is 0 Å². The summed E-state index contributed by atoms with van der Waals surface area (Å²) in [4.78, 5) is 13.6. The standard InChI is InChI=1S/C16H16F3N3O/c1-21-7-3-6-14(21)15(23)20-13-5-2-4-11-8-22(9-12(11)13)10-16(17,18)19/h2-7H,8-10H2,1H3,(H,20,23). The zero-order chi connectivity index (χ0) is 16.6. The van der Waals surface area contributed by atoms with E-state index in [9.17, 15) is 18.0 Å². The molecule has 0 saturated heterocycles. The highest BCUT2D eigenvalue weighted by molar-refractivity contribution is 6.03. The van der Waals surface area contributed by atoms with Crippen molar-refractivity contribution >= 4 is 11.6 Å². The number of carbonyl (C=O) groups is 1. The number of nitrogens with one attached hydrogen (secondary N) is 1. The Bertz CT molecular complexity index is 736. The van der Waals surface area contributed by atoms with Crippen LogP contribution in [0.3, 0.4) is 0 Å². The third kappa shape index (κ3) is 3.39. The van der Waals surface area contributed by atoms with Gasteiger partial charge in [0.1, 0.15) is 5.69 Å². The molecule has 4 nitrogen and oxygen atoms in total. The van der Waals surface area contributed by atoms with Gasteiger partial charge in [-0.05, 0) is 29.3 Å². The van der Waals surface area contributed by atoms with Crippen LogP contribution in [0.2, 0.25) is 0 Å². The summed E-state index contributed by atoms with van der Waals surface area (Å²) in [6, 6.07) is 8.71. The average molecular weight is 323 g/mol. The summed E-state index contributed by atoms with van der Waals surface area (Å²) in [6.07, 6.45) is -2.47. The summed E-state index contributed by atoms with van der Waals surface area (Å²) in [6.45, 7) is -0.534. The molecule has 2 aromatic rings. The zero-order valence-corrected chi connectivity index (χ0v) is 12.5. The Balaban J connectivity index is 1.78. The van der Waals surface area contributed by atoms with Crippen molar-refractivity contribution in [2.45, 2.75) is 19.3 Å². The Morgan fingerprint density at radius 2 is 2.00 bits per heavy atom. The Hall–Kier alpha value is -2.28. The number of hydrogen-bond donors (Lipinski definition) is 1. The van der Waals surface area contributed by atoms with Crippen LogP contribution in [0.15, 0.2) is 36.5 Å². The van der Waals surface area contributed by atoms with Crippen molar-refractivity contribution in [2.75, 3.05) is 11.9 Å². The van der Waals surface area contributed by atoms with Gasteiger partial charge in [0.15, 0.2) is 0 Å². The molecule has 7 heteroatoms. The van der Waals surface area contributed by atoms with Crippen LogP contribution in [0.25, 0.3) is 0 Å². The monoisotopic (exact) mass is 323 g/mol. The van der Waals surface area contributed by atoms with E-state index < -0.39 is 12.7 Å². The fourth-order valence-corrected chi connectivity index (χ4v) is 2.86. The molecule has 0 bridgehead atoms. The molecule has 3 rings (SSSR count).